The molecule has 0 bridgehead atoms. The van der Waals surface area contributed by atoms with Gasteiger partial charge in [-0.3, -0.25) is 0 Å². The minimum atomic E-state index is 0.286. The molecular formula is C12H16BrNO. The Labute approximate surface area is 99.5 Å². The fourth-order valence-corrected chi connectivity index (χ4v) is 1.45. The van der Waals surface area contributed by atoms with Crippen LogP contribution in [-0.2, 0) is 0 Å². The van der Waals surface area contributed by atoms with E-state index >= 15 is 0 Å². The molecule has 82 valence electrons. The van der Waals surface area contributed by atoms with Crippen molar-refractivity contribution in [2.45, 2.75) is 13.0 Å². The lowest BCUT2D eigenvalue weighted by Crippen LogP contribution is -2.19. The fraction of sp³-hybridized carbons (Fsp3) is 0.333. The van der Waals surface area contributed by atoms with Crippen LogP contribution in [0.5, 0.6) is 5.75 Å². The lowest BCUT2D eigenvalue weighted by molar-refractivity contribution is 0.413. The highest BCUT2D eigenvalue weighted by Crippen LogP contribution is 2.18. The van der Waals surface area contributed by atoms with E-state index in [9.17, 15) is 0 Å². The first kappa shape index (κ1) is 12.3. The van der Waals surface area contributed by atoms with Crippen LogP contribution in [0.2, 0.25) is 0 Å². The molecule has 0 amide bonds. The third kappa shape index (κ3) is 4.06. The van der Waals surface area contributed by atoms with Crippen molar-refractivity contribution in [3.63, 3.8) is 0 Å². The van der Waals surface area contributed by atoms with E-state index in [0.717, 1.165) is 16.8 Å². The summed E-state index contributed by atoms with van der Waals surface area (Å²) in [7, 11) is 1.68. The SMILES string of the molecule is C=C(Br)CN[C@@H](C)c1cccc(OC)c1. The molecule has 2 nitrogen and oxygen atoms in total. The smallest absolute Gasteiger partial charge is 0.119 e. The van der Waals surface area contributed by atoms with Crippen LogP contribution in [0.1, 0.15) is 18.5 Å². The first-order chi connectivity index (χ1) is 7.13. The Morgan fingerprint density at radius 2 is 2.33 bits per heavy atom. The van der Waals surface area contributed by atoms with Gasteiger partial charge < -0.3 is 10.1 Å². The standard InChI is InChI=1S/C12H16BrNO/c1-9(13)8-14-10(2)11-5-4-6-12(7-11)15-3/h4-7,10,14H,1,8H2,2-3H3/t10-/m0/s1. The molecule has 1 N–H and O–H groups in total. The summed E-state index contributed by atoms with van der Waals surface area (Å²) in [5, 5.41) is 3.35. The molecule has 0 fully saturated rings. The van der Waals surface area contributed by atoms with Crippen molar-refractivity contribution in [1.29, 1.82) is 0 Å². The highest BCUT2D eigenvalue weighted by atomic mass is 79.9. The molecule has 1 rings (SSSR count). The molecule has 1 atom stereocenters. The minimum absolute atomic E-state index is 0.286. The number of rotatable bonds is 5. The number of ether oxygens (including phenoxy) is 1. The van der Waals surface area contributed by atoms with Gasteiger partial charge in [-0.05, 0) is 24.6 Å². The van der Waals surface area contributed by atoms with Gasteiger partial charge in [0.2, 0.25) is 0 Å². The minimum Gasteiger partial charge on any atom is -0.497 e. The Morgan fingerprint density at radius 3 is 2.93 bits per heavy atom. The summed E-state index contributed by atoms with van der Waals surface area (Å²) in [6.07, 6.45) is 0. The lowest BCUT2D eigenvalue weighted by Gasteiger charge is -2.14. The highest BCUT2D eigenvalue weighted by molar-refractivity contribution is 9.11. The van der Waals surface area contributed by atoms with E-state index in [1.165, 1.54) is 5.56 Å². The number of methoxy groups -OCH3 is 1. The average Bonchev–Trinajstić information content (AvgIpc) is 2.26. The number of benzene rings is 1. The molecule has 0 saturated heterocycles. The Morgan fingerprint density at radius 1 is 1.60 bits per heavy atom. The summed E-state index contributed by atoms with van der Waals surface area (Å²) < 4.78 is 6.13. The van der Waals surface area contributed by atoms with Crippen molar-refractivity contribution in [1.82, 2.24) is 5.32 Å². The molecule has 3 heteroatoms. The molecule has 1 aromatic carbocycles. The van der Waals surface area contributed by atoms with E-state index in [1.54, 1.807) is 7.11 Å². The van der Waals surface area contributed by atoms with Gasteiger partial charge in [0.15, 0.2) is 0 Å². The van der Waals surface area contributed by atoms with Crippen LogP contribution >= 0.6 is 15.9 Å². The molecule has 0 aliphatic carbocycles. The molecule has 0 heterocycles. The summed E-state index contributed by atoms with van der Waals surface area (Å²) in [5.41, 5.74) is 1.21. The number of nitrogens with one attached hydrogen (secondary N) is 1. The first-order valence-corrected chi connectivity index (χ1v) is 5.63. The van der Waals surface area contributed by atoms with Gasteiger partial charge in [-0.2, -0.15) is 0 Å². The van der Waals surface area contributed by atoms with Crippen molar-refractivity contribution < 1.29 is 4.74 Å². The van der Waals surface area contributed by atoms with Crippen molar-refractivity contribution in [2.75, 3.05) is 13.7 Å². The van der Waals surface area contributed by atoms with Gasteiger partial charge in [-0.15, -0.1) is 0 Å². The van der Waals surface area contributed by atoms with Crippen LogP contribution in [0, 0.1) is 0 Å². The molecule has 0 aromatic heterocycles. The van der Waals surface area contributed by atoms with Crippen LogP contribution in [0.4, 0.5) is 0 Å². The first-order valence-electron chi connectivity index (χ1n) is 4.84. The lowest BCUT2D eigenvalue weighted by atomic mass is 10.1. The normalized spacial score (nSPS) is 12.2. The summed E-state index contributed by atoms with van der Waals surface area (Å²) in [4.78, 5) is 0. The van der Waals surface area contributed by atoms with Crippen molar-refractivity contribution >= 4 is 15.9 Å². The Hall–Kier alpha value is -0.800. The second-order valence-electron chi connectivity index (χ2n) is 3.40. The predicted octanol–water partition coefficient (Wildman–Crippen LogP) is 3.25. The molecule has 15 heavy (non-hydrogen) atoms. The fourth-order valence-electron chi connectivity index (χ4n) is 1.29. The van der Waals surface area contributed by atoms with Crippen LogP contribution in [-0.4, -0.2) is 13.7 Å². The van der Waals surface area contributed by atoms with E-state index in [0.29, 0.717) is 0 Å². The third-order valence-corrected chi connectivity index (χ3v) is 2.47. The molecule has 0 spiro atoms. The number of hydrogen-bond donors (Lipinski definition) is 1. The number of hydrogen-bond acceptors (Lipinski definition) is 2. The van der Waals surface area contributed by atoms with Crippen LogP contribution in [0.3, 0.4) is 0 Å². The van der Waals surface area contributed by atoms with Crippen LogP contribution in [0.15, 0.2) is 35.3 Å². The third-order valence-electron chi connectivity index (χ3n) is 2.19. The summed E-state index contributed by atoms with van der Waals surface area (Å²) in [6, 6.07) is 8.34. The van der Waals surface area contributed by atoms with Crippen LogP contribution < -0.4 is 10.1 Å². The Balaban J connectivity index is 2.64. The monoisotopic (exact) mass is 269 g/mol. The van der Waals surface area contributed by atoms with E-state index < -0.39 is 0 Å². The molecule has 0 aliphatic heterocycles. The van der Waals surface area contributed by atoms with Gasteiger partial charge in [0.25, 0.3) is 0 Å². The molecule has 0 unspecified atom stereocenters. The Kier molecular flexibility index (Phi) is 4.85. The number of halogens is 1. The summed E-state index contributed by atoms with van der Waals surface area (Å²) in [5.74, 6) is 0.888. The van der Waals surface area contributed by atoms with Gasteiger partial charge in [0, 0.05) is 17.1 Å². The maximum atomic E-state index is 5.18. The van der Waals surface area contributed by atoms with E-state index in [4.69, 9.17) is 4.74 Å². The quantitative estimate of drug-likeness (QED) is 0.886. The van der Waals surface area contributed by atoms with E-state index in [-0.39, 0.29) is 6.04 Å². The topological polar surface area (TPSA) is 21.3 Å². The summed E-state index contributed by atoms with van der Waals surface area (Å²) >= 11 is 3.32. The Bertz CT molecular complexity index is 338. The van der Waals surface area contributed by atoms with Crippen molar-refractivity contribution in [3.8, 4) is 5.75 Å². The summed E-state index contributed by atoms with van der Waals surface area (Å²) in [6.45, 7) is 6.66. The molecule has 0 radical (unpaired) electrons. The maximum absolute atomic E-state index is 5.18. The van der Waals surface area contributed by atoms with Gasteiger partial charge >= 0.3 is 0 Å². The molecule has 0 saturated carbocycles. The molecular weight excluding hydrogens is 254 g/mol. The largest absolute Gasteiger partial charge is 0.497 e. The van der Waals surface area contributed by atoms with Gasteiger partial charge in [0.1, 0.15) is 5.75 Å². The van der Waals surface area contributed by atoms with E-state index in [2.05, 4.69) is 40.8 Å². The zero-order chi connectivity index (χ0) is 11.3. The van der Waals surface area contributed by atoms with Crippen molar-refractivity contribution in [3.05, 3.63) is 40.9 Å². The highest BCUT2D eigenvalue weighted by Gasteiger charge is 2.05. The predicted molar refractivity (Wildman–Crippen MR) is 67.5 cm³/mol. The van der Waals surface area contributed by atoms with Gasteiger partial charge in [-0.25, -0.2) is 0 Å². The molecule has 1 aromatic rings. The second kappa shape index (κ2) is 5.93. The average molecular weight is 270 g/mol. The zero-order valence-corrected chi connectivity index (χ0v) is 10.7. The zero-order valence-electron chi connectivity index (χ0n) is 9.09. The van der Waals surface area contributed by atoms with Crippen LogP contribution in [0.25, 0.3) is 0 Å². The van der Waals surface area contributed by atoms with Gasteiger partial charge in [0.05, 0.1) is 7.11 Å². The van der Waals surface area contributed by atoms with E-state index in [1.807, 2.05) is 18.2 Å². The van der Waals surface area contributed by atoms with Gasteiger partial charge in [-0.1, -0.05) is 34.6 Å². The molecule has 0 aliphatic rings. The second-order valence-corrected chi connectivity index (χ2v) is 4.52. The maximum Gasteiger partial charge on any atom is 0.119 e. The van der Waals surface area contributed by atoms with Crippen molar-refractivity contribution in [2.24, 2.45) is 0 Å².